The highest BCUT2D eigenvalue weighted by molar-refractivity contribution is 6.46. The molecule has 4 aliphatic rings. The van der Waals surface area contributed by atoms with Crippen molar-refractivity contribution in [3.8, 4) is 0 Å². The summed E-state index contributed by atoms with van der Waals surface area (Å²) in [5.74, 6) is -0.889. The van der Waals surface area contributed by atoms with Gasteiger partial charge in [0, 0.05) is 17.2 Å². The zero-order chi connectivity index (χ0) is 32.0. The van der Waals surface area contributed by atoms with Crippen LogP contribution >= 0.6 is 0 Å². The summed E-state index contributed by atoms with van der Waals surface area (Å²) < 4.78 is 28.8. The van der Waals surface area contributed by atoms with Crippen LogP contribution in [0, 0.1) is 28.4 Å². The molecule has 2 fully saturated rings. The van der Waals surface area contributed by atoms with E-state index in [0.717, 1.165) is 30.9 Å². The number of nitrogens with one attached hydrogen (secondary N) is 4. The minimum absolute atomic E-state index is 0.00230. The summed E-state index contributed by atoms with van der Waals surface area (Å²) in [7, 11) is 0. The maximum absolute atomic E-state index is 14.5. The number of amidine groups is 1. The Morgan fingerprint density at radius 3 is 2.31 bits per heavy atom. The molecule has 0 unspecified atom stereocenters. The van der Waals surface area contributed by atoms with Gasteiger partial charge < -0.3 is 10.2 Å². The number of halogens is 2. The summed E-state index contributed by atoms with van der Waals surface area (Å²) in [6.45, 7) is 9.10. The number of hydrogen-bond acceptors (Lipinski definition) is 7. The fourth-order valence-electron chi connectivity index (χ4n) is 7.10. The molecule has 4 N–H and O–H groups in total. The zero-order valence-electron chi connectivity index (χ0n) is 26.5. The number of aliphatic imine (C=N–C) groups is 1. The first-order valence-corrected chi connectivity index (χ1v) is 16.0. The van der Waals surface area contributed by atoms with E-state index in [1.165, 1.54) is 25.0 Å². The van der Waals surface area contributed by atoms with Crippen LogP contribution in [0.4, 0.5) is 8.78 Å². The molecule has 2 aromatic carbocycles. The molecular formula is C34H43F2N7O2. The molecule has 0 radical (unpaired) electrons. The molecule has 2 amide bonds. The number of rotatable bonds is 9. The monoisotopic (exact) mass is 619 g/mol. The summed E-state index contributed by atoms with van der Waals surface area (Å²) in [4.78, 5) is 34.4. The Balaban J connectivity index is 1.33. The largest absolute Gasteiger partial charge is 0.345 e. The molecule has 6 rings (SSSR count). The number of nitrogens with zero attached hydrogens (tertiary/aromatic N) is 3. The Morgan fingerprint density at radius 1 is 1.07 bits per heavy atom. The van der Waals surface area contributed by atoms with Crippen molar-refractivity contribution >= 4 is 23.4 Å². The summed E-state index contributed by atoms with van der Waals surface area (Å²) in [6.07, 6.45) is 7.28. The van der Waals surface area contributed by atoms with Gasteiger partial charge in [0.1, 0.15) is 23.0 Å². The second-order valence-electron chi connectivity index (χ2n) is 14.5. The van der Waals surface area contributed by atoms with E-state index in [-0.39, 0.29) is 41.1 Å². The van der Waals surface area contributed by atoms with Crippen molar-refractivity contribution in [3.05, 3.63) is 70.8 Å². The van der Waals surface area contributed by atoms with Crippen molar-refractivity contribution in [1.82, 2.24) is 26.7 Å². The highest BCUT2D eigenvalue weighted by Gasteiger charge is 2.55. The number of hydrazone groups is 1. The van der Waals surface area contributed by atoms with Crippen molar-refractivity contribution in [3.63, 3.8) is 0 Å². The zero-order valence-corrected chi connectivity index (χ0v) is 26.5. The minimum Gasteiger partial charge on any atom is -0.345 e. The predicted octanol–water partition coefficient (Wildman–Crippen LogP) is 5.51. The van der Waals surface area contributed by atoms with E-state index < -0.39 is 17.3 Å². The van der Waals surface area contributed by atoms with Crippen LogP contribution in [0.15, 0.2) is 52.6 Å². The van der Waals surface area contributed by atoms with Crippen LogP contribution in [-0.4, -0.2) is 40.5 Å². The number of hydrogen-bond donors (Lipinski definition) is 4. The third-order valence-electron chi connectivity index (χ3n) is 10.0. The van der Waals surface area contributed by atoms with Crippen LogP contribution < -0.4 is 21.8 Å². The van der Waals surface area contributed by atoms with Gasteiger partial charge in [-0.1, -0.05) is 39.8 Å². The van der Waals surface area contributed by atoms with E-state index in [1.807, 2.05) is 17.0 Å². The summed E-state index contributed by atoms with van der Waals surface area (Å²) in [6, 6.07) is 10.2. The molecule has 2 saturated carbocycles. The number of carbonyl (C=O) groups is 2. The lowest BCUT2D eigenvalue weighted by Crippen LogP contribution is -2.51. The van der Waals surface area contributed by atoms with Gasteiger partial charge >= 0.3 is 0 Å². The highest BCUT2D eigenvalue weighted by Crippen LogP contribution is 2.58. The van der Waals surface area contributed by atoms with Crippen LogP contribution in [0.5, 0.6) is 0 Å². The molecular weight excluding hydrogens is 576 g/mol. The van der Waals surface area contributed by atoms with Gasteiger partial charge in [0.15, 0.2) is 5.84 Å². The topological polar surface area (TPSA) is 110 Å². The number of benzene rings is 2. The average molecular weight is 620 g/mol. The fraction of sp³-hybridized carbons (Fsp3) is 0.529. The van der Waals surface area contributed by atoms with Crippen LogP contribution in [0.2, 0.25) is 0 Å². The van der Waals surface area contributed by atoms with Crippen LogP contribution in [-0.2, 0) is 4.79 Å². The summed E-state index contributed by atoms with van der Waals surface area (Å²) in [5.41, 5.74) is 9.23. The highest BCUT2D eigenvalue weighted by atomic mass is 19.1. The lowest BCUT2D eigenvalue weighted by Gasteiger charge is -2.46. The van der Waals surface area contributed by atoms with Crippen LogP contribution in [0.25, 0.3) is 0 Å². The van der Waals surface area contributed by atoms with E-state index in [2.05, 4.69) is 54.6 Å². The lowest BCUT2D eigenvalue weighted by atomic mass is 9.73. The van der Waals surface area contributed by atoms with Crippen LogP contribution in [0.1, 0.15) is 107 Å². The van der Waals surface area contributed by atoms with Crippen molar-refractivity contribution in [2.24, 2.45) is 26.8 Å². The van der Waals surface area contributed by atoms with Gasteiger partial charge in [-0.15, -0.1) is 10.6 Å². The third kappa shape index (κ3) is 6.59. The summed E-state index contributed by atoms with van der Waals surface area (Å²) >= 11 is 0. The Hall–Kier alpha value is -3.86. The number of amides is 2. The van der Waals surface area contributed by atoms with Gasteiger partial charge in [-0.25, -0.2) is 14.3 Å². The molecule has 240 valence electrons. The SMILES string of the molecule is CC(C)(C)CC[C@H](c1ccc(C(=O)NCC2=NNNN2)cc1)N1C(=O)C(c2cc(F)cc(F)c2)=NC12CCC(C1(C)CC1)CC2. The smallest absolute Gasteiger partial charge is 0.275 e. The predicted molar refractivity (Wildman–Crippen MR) is 169 cm³/mol. The van der Waals surface area contributed by atoms with Gasteiger partial charge in [0.05, 0.1) is 12.6 Å². The van der Waals surface area contributed by atoms with E-state index in [1.54, 1.807) is 12.1 Å². The molecule has 2 aliphatic heterocycles. The molecule has 0 aromatic heterocycles. The number of hydrazine groups is 2. The van der Waals surface area contributed by atoms with Gasteiger partial charge in [0.2, 0.25) is 0 Å². The van der Waals surface area contributed by atoms with Crippen molar-refractivity contribution < 1.29 is 18.4 Å². The van der Waals surface area contributed by atoms with E-state index in [9.17, 15) is 18.4 Å². The van der Waals surface area contributed by atoms with Crippen molar-refractivity contribution in [2.75, 3.05) is 6.54 Å². The second kappa shape index (κ2) is 11.8. The minimum atomic E-state index is -0.799. The molecule has 11 heteroatoms. The maximum Gasteiger partial charge on any atom is 0.275 e. The average Bonchev–Trinajstić information content (AvgIpc) is 3.40. The second-order valence-corrected chi connectivity index (χ2v) is 14.5. The first kappa shape index (κ1) is 31.1. The molecule has 9 nitrogen and oxygen atoms in total. The number of carbonyl (C=O) groups excluding carboxylic acids is 2. The normalized spacial score (nSPS) is 24.5. The Kier molecular flexibility index (Phi) is 8.18. The maximum atomic E-state index is 14.5. The molecule has 45 heavy (non-hydrogen) atoms. The van der Waals surface area contributed by atoms with Gasteiger partial charge in [-0.3, -0.25) is 20.0 Å². The summed E-state index contributed by atoms with van der Waals surface area (Å²) in [5, 5.41) is 6.81. The molecule has 0 bridgehead atoms. The molecule has 0 saturated heterocycles. The quantitative estimate of drug-likeness (QED) is 0.296. The van der Waals surface area contributed by atoms with Gasteiger partial charge in [-0.05, 0) is 97.9 Å². The van der Waals surface area contributed by atoms with E-state index >= 15 is 0 Å². The Labute approximate surface area is 263 Å². The van der Waals surface area contributed by atoms with Crippen molar-refractivity contribution in [2.45, 2.75) is 90.8 Å². The van der Waals surface area contributed by atoms with Gasteiger partial charge in [-0.2, -0.15) is 0 Å². The van der Waals surface area contributed by atoms with Crippen molar-refractivity contribution in [1.29, 1.82) is 0 Å². The molecule has 2 heterocycles. The van der Waals surface area contributed by atoms with Crippen LogP contribution in [0.3, 0.4) is 0 Å². The lowest BCUT2D eigenvalue weighted by molar-refractivity contribution is -0.133. The Bertz CT molecular complexity index is 1500. The van der Waals surface area contributed by atoms with E-state index in [4.69, 9.17) is 4.99 Å². The molecule has 1 atom stereocenters. The Morgan fingerprint density at radius 2 is 1.73 bits per heavy atom. The molecule has 2 aliphatic carbocycles. The standard InChI is InChI=1S/C34H43F2N7O2/c1-32(2,3)12-11-27(21-5-7-22(8-6-21)30(44)37-20-28-39-41-42-40-28)43-31(45)29(23-17-25(35)19-26(36)18-23)38-34(43)13-9-24(10-14-34)33(4)15-16-33/h5-8,17-19,24,27,41-42H,9-16,20H2,1-4H3,(H,37,44)(H,39,40)/t24?,27-,34?/m1/s1. The molecule has 2 aromatic rings. The first-order chi connectivity index (χ1) is 21.4. The van der Waals surface area contributed by atoms with Gasteiger partial charge in [0.25, 0.3) is 11.8 Å². The molecule has 1 spiro atoms. The van der Waals surface area contributed by atoms with E-state index in [0.29, 0.717) is 42.0 Å². The fourth-order valence-corrected chi connectivity index (χ4v) is 7.10. The third-order valence-corrected chi connectivity index (χ3v) is 10.0. The first-order valence-electron chi connectivity index (χ1n) is 16.0.